The van der Waals surface area contributed by atoms with Gasteiger partial charge in [-0.2, -0.15) is 0 Å². The minimum absolute atomic E-state index is 0.737. The van der Waals surface area contributed by atoms with Crippen LogP contribution in [0.3, 0.4) is 0 Å². The number of thiazole rings is 1. The van der Waals surface area contributed by atoms with Crippen molar-refractivity contribution in [2.75, 3.05) is 24.3 Å². The molecule has 0 radical (unpaired) electrons. The van der Waals surface area contributed by atoms with E-state index in [4.69, 9.17) is 16.6 Å². The molecule has 0 saturated heterocycles. The third-order valence-corrected chi connectivity index (χ3v) is 4.69. The Kier molecular flexibility index (Phi) is 4.55. The second-order valence-electron chi connectivity index (χ2n) is 5.50. The van der Waals surface area contributed by atoms with Crippen LogP contribution in [0.1, 0.15) is 4.88 Å². The normalized spacial score (nSPS) is 10.6. The average Bonchev–Trinajstić information content (AvgIpc) is 2.89. The molecule has 23 heavy (non-hydrogen) atoms. The van der Waals surface area contributed by atoms with Crippen molar-refractivity contribution >= 4 is 39.4 Å². The van der Waals surface area contributed by atoms with Gasteiger partial charge in [-0.15, -0.1) is 11.3 Å². The van der Waals surface area contributed by atoms with Crippen LogP contribution in [0.5, 0.6) is 0 Å². The molecule has 5 heteroatoms. The number of rotatable bonds is 4. The summed E-state index contributed by atoms with van der Waals surface area (Å²) in [5, 5.41) is 5.01. The molecule has 0 atom stereocenters. The summed E-state index contributed by atoms with van der Waals surface area (Å²) in [4.78, 5) is 7.98. The number of hydrogen-bond donors (Lipinski definition) is 1. The fraction of sp³-hybridized carbons (Fsp3) is 0.167. The summed E-state index contributed by atoms with van der Waals surface area (Å²) in [6.07, 6.45) is 0. The van der Waals surface area contributed by atoms with E-state index in [-0.39, 0.29) is 0 Å². The van der Waals surface area contributed by atoms with Gasteiger partial charge >= 0.3 is 0 Å². The number of anilines is 3. The summed E-state index contributed by atoms with van der Waals surface area (Å²) >= 11 is 7.61. The second-order valence-corrected chi connectivity index (χ2v) is 7.14. The molecular weight excluding hydrogens is 326 g/mol. The van der Waals surface area contributed by atoms with Crippen molar-refractivity contribution in [1.82, 2.24) is 4.98 Å². The van der Waals surface area contributed by atoms with E-state index in [0.29, 0.717) is 0 Å². The summed E-state index contributed by atoms with van der Waals surface area (Å²) in [6, 6.07) is 16.1. The van der Waals surface area contributed by atoms with Gasteiger partial charge in [0.2, 0.25) is 0 Å². The summed E-state index contributed by atoms with van der Waals surface area (Å²) in [6.45, 7) is 2.09. The van der Waals surface area contributed by atoms with Gasteiger partial charge in [0.15, 0.2) is 5.13 Å². The zero-order chi connectivity index (χ0) is 16.4. The number of aromatic nitrogens is 1. The number of nitrogens with zero attached hydrogens (tertiary/aromatic N) is 2. The number of nitrogens with one attached hydrogen (secondary N) is 1. The van der Waals surface area contributed by atoms with Gasteiger partial charge in [-0.05, 0) is 43.3 Å². The van der Waals surface area contributed by atoms with Crippen molar-refractivity contribution in [3.8, 4) is 11.3 Å². The molecule has 118 valence electrons. The fourth-order valence-electron chi connectivity index (χ4n) is 2.29. The zero-order valence-corrected chi connectivity index (χ0v) is 14.9. The number of aryl methyl sites for hydroxylation is 1. The van der Waals surface area contributed by atoms with E-state index in [2.05, 4.69) is 41.4 Å². The molecule has 1 heterocycles. The summed E-state index contributed by atoms with van der Waals surface area (Å²) in [5.74, 6) is 0. The van der Waals surface area contributed by atoms with Gasteiger partial charge in [0.05, 0.1) is 5.69 Å². The maximum atomic E-state index is 5.95. The topological polar surface area (TPSA) is 28.2 Å². The fourth-order valence-corrected chi connectivity index (χ4v) is 3.27. The Morgan fingerprint density at radius 2 is 1.65 bits per heavy atom. The lowest BCUT2D eigenvalue weighted by atomic mass is 10.1. The minimum Gasteiger partial charge on any atom is -0.378 e. The van der Waals surface area contributed by atoms with Gasteiger partial charge in [-0.3, -0.25) is 0 Å². The monoisotopic (exact) mass is 343 g/mol. The van der Waals surface area contributed by atoms with Crippen LogP contribution in [0.4, 0.5) is 16.5 Å². The van der Waals surface area contributed by atoms with Gasteiger partial charge in [0, 0.05) is 40.9 Å². The SMILES string of the molecule is Cc1sc(Nc2ccc(N(C)C)cc2)nc1-c1ccc(Cl)cc1. The van der Waals surface area contributed by atoms with Crippen molar-refractivity contribution in [1.29, 1.82) is 0 Å². The number of halogens is 1. The van der Waals surface area contributed by atoms with Crippen LogP contribution < -0.4 is 10.2 Å². The molecule has 0 aliphatic rings. The largest absolute Gasteiger partial charge is 0.378 e. The van der Waals surface area contributed by atoms with E-state index in [1.807, 2.05) is 38.4 Å². The summed E-state index contributed by atoms with van der Waals surface area (Å²) < 4.78 is 0. The van der Waals surface area contributed by atoms with Crippen LogP contribution in [0, 0.1) is 6.92 Å². The van der Waals surface area contributed by atoms with Crippen molar-refractivity contribution < 1.29 is 0 Å². The van der Waals surface area contributed by atoms with Crippen LogP contribution in [-0.4, -0.2) is 19.1 Å². The molecule has 0 spiro atoms. The Hall–Kier alpha value is -2.04. The molecule has 0 saturated carbocycles. The van der Waals surface area contributed by atoms with Gasteiger partial charge in [0.25, 0.3) is 0 Å². The maximum absolute atomic E-state index is 5.95. The minimum atomic E-state index is 0.737. The predicted molar refractivity (Wildman–Crippen MR) is 101 cm³/mol. The van der Waals surface area contributed by atoms with Crippen LogP contribution in [-0.2, 0) is 0 Å². The Morgan fingerprint density at radius 1 is 1.00 bits per heavy atom. The quantitative estimate of drug-likeness (QED) is 0.670. The van der Waals surface area contributed by atoms with Crippen LogP contribution in [0.15, 0.2) is 48.5 Å². The highest BCUT2D eigenvalue weighted by Crippen LogP contribution is 2.32. The third-order valence-electron chi connectivity index (χ3n) is 3.55. The Balaban J connectivity index is 1.82. The number of benzene rings is 2. The maximum Gasteiger partial charge on any atom is 0.187 e. The third kappa shape index (κ3) is 3.66. The first kappa shape index (κ1) is 15.8. The standard InChI is InChI=1S/C18H18ClN3S/c1-12-17(13-4-6-14(19)7-5-13)21-18(23-12)20-15-8-10-16(11-9-15)22(2)3/h4-11H,1-3H3,(H,20,21). The van der Waals surface area contributed by atoms with Gasteiger partial charge in [-0.1, -0.05) is 23.7 Å². The first-order valence-corrected chi connectivity index (χ1v) is 8.50. The summed E-state index contributed by atoms with van der Waals surface area (Å²) in [7, 11) is 4.07. The van der Waals surface area contributed by atoms with Gasteiger partial charge in [0.1, 0.15) is 0 Å². The highest BCUT2D eigenvalue weighted by molar-refractivity contribution is 7.16. The molecule has 0 bridgehead atoms. The van der Waals surface area contributed by atoms with Crippen molar-refractivity contribution in [2.45, 2.75) is 6.92 Å². The molecule has 3 nitrogen and oxygen atoms in total. The van der Waals surface area contributed by atoms with E-state index in [1.54, 1.807) is 11.3 Å². The van der Waals surface area contributed by atoms with Crippen molar-refractivity contribution in [3.05, 3.63) is 58.4 Å². The molecule has 0 amide bonds. The highest BCUT2D eigenvalue weighted by Gasteiger charge is 2.10. The van der Waals surface area contributed by atoms with Gasteiger partial charge < -0.3 is 10.2 Å². The van der Waals surface area contributed by atoms with E-state index in [0.717, 1.165) is 27.1 Å². The lowest BCUT2D eigenvalue weighted by molar-refractivity contribution is 1.13. The van der Waals surface area contributed by atoms with Crippen LogP contribution >= 0.6 is 22.9 Å². The lowest BCUT2D eigenvalue weighted by Crippen LogP contribution is -2.08. The molecule has 1 aromatic heterocycles. The molecule has 0 aliphatic heterocycles. The van der Waals surface area contributed by atoms with Crippen molar-refractivity contribution in [3.63, 3.8) is 0 Å². The first-order chi connectivity index (χ1) is 11.0. The molecule has 0 unspecified atom stereocenters. The van der Waals surface area contributed by atoms with E-state index >= 15 is 0 Å². The van der Waals surface area contributed by atoms with Gasteiger partial charge in [-0.25, -0.2) is 4.98 Å². The second kappa shape index (κ2) is 6.60. The van der Waals surface area contributed by atoms with E-state index in [9.17, 15) is 0 Å². The molecule has 0 fully saturated rings. The molecule has 3 aromatic rings. The Morgan fingerprint density at radius 3 is 2.26 bits per heavy atom. The van der Waals surface area contributed by atoms with Crippen molar-refractivity contribution in [2.24, 2.45) is 0 Å². The highest BCUT2D eigenvalue weighted by atomic mass is 35.5. The molecule has 2 aromatic carbocycles. The Bertz CT molecular complexity index is 792. The lowest BCUT2D eigenvalue weighted by Gasteiger charge is -2.12. The van der Waals surface area contributed by atoms with Crippen LogP contribution in [0.25, 0.3) is 11.3 Å². The van der Waals surface area contributed by atoms with Crippen LogP contribution in [0.2, 0.25) is 5.02 Å². The molecule has 3 rings (SSSR count). The molecule has 1 N–H and O–H groups in total. The van der Waals surface area contributed by atoms with E-state index < -0.39 is 0 Å². The predicted octanol–water partition coefficient (Wildman–Crippen LogP) is 5.58. The smallest absolute Gasteiger partial charge is 0.187 e. The summed E-state index contributed by atoms with van der Waals surface area (Å²) in [5.41, 5.74) is 4.29. The molecular formula is C18H18ClN3S. The Labute approximate surface area is 145 Å². The zero-order valence-electron chi connectivity index (χ0n) is 13.3. The average molecular weight is 344 g/mol. The number of hydrogen-bond acceptors (Lipinski definition) is 4. The molecule has 0 aliphatic carbocycles. The first-order valence-electron chi connectivity index (χ1n) is 7.31. The van der Waals surface area contributed by atoms with E-state index in [1.165, 1.54) is 10.6 Å².